The number of esters is 2. The summed E-state index contributed by atoms with van der Waals surface area (Å²) in [6, 6.07) is 0. The van der Waals surface area contributed by atoms with Gasteiger partial charge in [-0.05, 0) is 64.2 Å². The van der Waals surface area contributed by atoms with E-state index < -0.39 is 75.7 Å². The standard InChI is InChI=1S/C45H81O14P/c1-3-5-7-8-9-10-11-12-13-14-15-16-21-24-28-32-39(47)57-35(34-56-60(53,54)59-45-43(51)41(49)40(48)42(50)44(45)52)33-55-38(46)31-27-23-20-18-17-19-22-26-30-37-36(58-37)29-25-6-4-2/h12-13,22,26,35-37,40-45,48-52H,3-11,14-21,23-25,27-34H2,1-2H3,(H,53,54)/b13-12-,26-22-/t35-,36?,37?,40?,41-,42+,43-,44-,45?/m1/s1. The van der Waals surface area contributed by atoms with Crippen molar-refractivity contribution < 1.29 is 67.8 Å². The monoisotopic (exact) mass is 877 g/mol. The Kier molecular flexibility index (Phi) is 29.8. The fraction of sp³-hybridized carbons (Fsp3) is 0.867. The number of allylic oxidation sites excluding steroid dienone is 3. The minimum Gasteiger partial charge on any atom is -0.462 e. The molecule has 2 fully saturated rings. The molecule has 0 radical (unpaired) electrons. The van der Waals surface area contributed by atoms with E-state index in [1.54, 1.807) is 0 Å². The Morgan fingerprint density at radius 3 is 1.62 bits per heavy atom. The van der Waals surface area contributed by atoms with Crippen LogP contribution in [-0.2, 0) is 37.4 Å². The van der Waals surface area contributed by atoms with Gasteiger partial charge in [0, 0.05) is 12.8 Å². The summed E-state index contributed by atoms with van der Waals surface area (Å²) in [4.78, 5) is 35.7. The SMILES string of the molecule is CCCCCCCC/C=C\CCCCCCCC(=O)O[C@H](COC(=O)CCCCCCC/C=C\CC1OC1CCCCC)COP(=O)(O)OC1[C@H](O)[C@H](O)C(O)[C@H](O)[C@H]1O. The summed E-state index contributed by atoms with van der Waals surface area (Å²) in [6.45, 7) is 3.24. The predicted octanol–water partition coefficient (Wildman–Crippen LogP) is 7.82. The van der Waals surface area contributed by atoms with Gasteiger partial charge >= 0.3 is 19.8 Å². The van der Waals surface area contributed by atoms with Crippen molar-refractivity contribution in [2.24, 2.45) is 0 Å². The molecule has 1 saturated heterocycles. The summed E-state index contributed by atoms with van der Waals surface area (Å²) < 4.78 is 39.2. The van der Waals surface area contributed by atoms with Gasteiger partial charge in [0.15, 0.2) is 6.10 Å². The number of hydrogen-bond acceptors (Lipinski definition) is 13. The zero-order valence-electron chi connectivity index (χ0n) is 36.7. The van der Waals surface area contributed by atoms with Gasteiger partial charge in [-0.15, -0.1) is 0 Å². The Morgan fingerprint density at radius 1 is 0.583 bits per heavy atom. The highest BCUT2D eigenvalue weighted by atomic mass is 31.2. The fourth-order valence-corrected chi connectivity index (χ4v) is 8.26. The van der Waals surface area contributed by atoms with Crippen LogP contribution in [0.25, 0.3) is 0 Å². The second kappa shape index (κ2) is 32.9. The number of carbonyl (C=O) groups excluding carboxylic acids is 2. The van der Waals surface area contributed by atoms with E-state index in [-0.39, 0.29) is 12.8 Å². The first kappa shape index (κ1) is 54.4. The topological polar surface area (TPSA) is 222 Å². The van der Waals surface area contributed by atoms with Gasteiger partial charge < -0.3 is 44.6 Å². The minimum atomic E-state index is -5.12. The Labute approximate surface area is 360 Å². The van der Waals surface area contributed by atoms with E-state index in [1.807, 2.05) is 0 Å². The maximum Gasteiger partial charge on any atom is 0.472 e. The largest absolute Gasteiger partial charge is 0.472 e. The van der Waals surface area contributed by atoms with E-state index >= 15 is 0 Å². The van der Waals surface area contributed by atoms with Gasteiger partial charge in [-0.2, -0.15) is 0 Å². The third-order valence-corrected chi connectivity index (χ3v) is 12.2. The van der Waals surface area contributed by atoms with E-state index in [4.69, 9.17) is 23.3 Å². The number of rotatable bonds is 37. The van der Waals surface area contributed by atoms with Gasteiger partial charge in [-0.25, -0.2) is 4.57 Å². The van der Waals surface area contributed by atoms with E-state index in [0.29, 0.717) is 25.0 Å². The molecule has 0 aromatic heterocycles. The summed E-state index contributed by atoms with van der Waals surface area (Å²) in [6.07, 6.45) is 22.6. The summed E-state index contributed by atoms with van der Waals surface area (Å²) in [5.41, 5.74) is 0. The highest BCUT2D eigenvalue weighted by Gasteiger charge is 2.51. The number of aliphatic hydroxyl groups is 5. The van der Waals surface area contributed by atoms with Crippen molar-refractivity contribution in [3.63, 3.8) is 0 Å². The Balaban J connectivity index is 1.71. The first-order chi connectivity index (χ1) is 28.9. The van der Waals surface area contributed by atoms with E-state index in [9.17, 15) is 44.6 Å². The van der Waals surface area contributed by atoms with Crippen molar-refractivity contribution >= 4 is 19.8 Å². The van der Waals surface area contributed by atoms with Gasteiger partial charge in [0.1, 0.15) is 43.2 Å². The van der Waals surface area contributed by atoms with Crippen molar-refractivity contribution in [1.29, 1.82) is 0 Å². The second-order valence-corrected chi connectivity index (χ2v) is 18.0. The molecule has 1 saturated carbocycles. The molecule has 60 heavy (non-hydrogen) atoms. The smallest absolute Gasteiger partial charge is 0.462 e. The number of unbranched alkanes of at least 4 members (excludes halogenated alkanes) is 18. The van der Waals surface area contributed by atoms with Crippen LogP contribution in [0.15, 0.2) is 24.3 Å². The number of aliphatic hydroxyl groups excluding tert-OH is 5. The number of carbonyl (C=O) groups is 2. The van der Waals surface area contributed by atoms with Crippen molar-refractivity contribution in [3.8, 4) is 0 Å². The number of epoxide rings is 1. The molecule has 2 aliphatic rings. The molecule has 2 rings (SSSR count). The lowest BCUT2D eigenvalue weighted by Gasteiger charge is -2.41. The van der Waals surface area contributed by atoms with Gasteiger partial charge in [0.05, 0.1) is 18.8 Å². The van der Waals surface area contributed by atoms with Crippen LogP contribution in [0.2, 0.25) is 0 Å². The Bertz CT molecular complexity index is 1220. The average Bonchev–Trinajstić information content (AvgIpc) is 3.98. The van der Waals surface area contributed by atoms with Gasteiger partial charge in [0.25, 0.3) is 0 Å². The van der Waals surface area contributed by atoms with Crippen LogP contribution < -0.4 is 0 Å². The molecule has 5 unspecified atom stereocenters. The maximum absolute atomic E-state index is 12.8. The summed E-state index contributed by atoms with van der Waals surface area (Å²) in [7, 11) is -5.12. The lowest BCUT2D eigenvalue weighted by molar-refractivity contribution is -0.220. The van der Waals surface area contributed by atoms with Crippen molar-refractivity contribution in [2.75, 3.05) is 13.2 Å². The summed E-state index contributed by atoms with van der Waals surface area (Å²) >= 11 is 0. The van der Waals surface area contributed by atoms with E-state index in [0.717, 1.165) is 83.5 Å². The molecular weight excluding hydrogens is 795 g/mol. The van der Waals surface area contributed by atoms with E-state index in [2.05, 4.69) is 38.2 Å². The van der Waals surface area contributed by atoms with Crippen molar-refractivity contribution in [1.82, 2.24) is 0 Å². The van der Waals surface area contributed by atoms with Crippen LogP contribution >= 0.6 is 7.82 Å². The van der Waals surface area contributed by atoms with Crippen LogP contribution in [0, 0.1) is 0 Å². The van der Waals surface area contributed by atoms with Gasteiger partial charge in [0.2, 0.25) is 0 Å². The number of phosphoric acid groups is 1. The van der Waals surface area contributed by atoms with Crippen molar-refractivity contribution in [3.05, 3.63) is 24.3 Å². The molecule has 0 aromatic carbocycles. The minimum absolute atomic E-state index is 0.0821. The molecule has 15 heteroatoms. The number of phosphoric ester groups is 1. The normalized spacial score (nSPS) is 25.7. The zero-order valence-corrected chi connectivity index (χ0v) is 37.6. The third-order valence-electron chi connectivity index (χ3n) is 11.2. The molecule has 1 aliphatic heterocycles. The highest BCUT2D eigenvalue weighted by molar-refractivity contribution is 7.47. The molecule has 1 aliphatic carbocycles. The summed E-state index contributed by atoms with van der Waals surface area (Å²) in [5.74, 6) is -1.13. The average molecular weight is 877 g/mol. The highest BCUT2D eigenvalue weighted by Crippen LogP contribution is 2.47. The molecule has 0 spiro atoms. The molecule has 1 heterocycles. The maximum atomic E-state index is 12.8. The molecule has 350 valence electrons. The first-order valence-corrected chi connectivity index (χ1v) is 24.8. The molecular formula is C45H81O14P. The molecule has 14 nitrogen and oxygen atoms in total. The number of ether oxygens (including phenoxy) is 3. The first-order valence-electron chi connectivity index (χ1n) is 23.3. The van der Waals surface area contributed by atoms with Crippen LogP contribution in [0.4, 0.5) is 0 Å². The summed E-state index contributed by atoms with van der Waals surface area (Å²) in [5, 5.41) is 50.1. The lowest BCUT2D eigenvalue weighted by atomic mass is 9.85. The lowest BCUT2D eigenvalue weighted by Crippen LogP contribution is -2.64. The van der Waals surface area contributed by atoms with Crippen LogP contribution in [0.5, 0.6) is 0 Å². The quantitative estimate of drug-likeness (QED) is 0.0115. The Morgan fingerprint density at radius 2 is 1.05 bits per heavy atom. The molecule has 10 atom stereocenters. The fourth-order valence-electron chi connectivity index (χ4n) is 7.29. The molecule has 0 bridgehead atoms. The Hall–Kier alpha value is -1.71. The molecule has 0 aromatic rings. The van der Waals surface area contributed by atoms with E-state index in [1.165, 1.54) is 57.8 Å². The van der Waals surface area contributed by atoms with Crippen LogP contribution in [0.1, 0.15) is 181 Å². The molecule has 0 amide bonds. The number of hydrogen-bond donors (Lipinski definition) is 6. The van der Waals surface area contributed by atoms with Gasteiger partial charge in [-0.3, -0.25) is 18.6 Å². The van der Waals surface area contributed by atoms with Crippen LogP contribution in [0.3, 0.4) is 0 Å². The van der Waals surface area contributed by atoms with Crippen molar-refractivity contribution in [2.45, 2.75) is 236 Å². The zero-order chi connectivity index (χ0) is 44.0. The van der Waals surface area contributed by atoms with Crippen LogP contribution in [-0.4, -0.2) is 111 Å². The third kappa shape index (κ3) is 24.8. The second-order valence-electron chi connectivity index (χ2n) is 16.6. The molecule has 6 N–H and O–H groups in total. The predicted molar refractivity (Wildman–Crippen MR) is 230 cm³/mol. The van der Waals surface area contributed by atoms with Gasteiger partial charge in [-0.1, -0.05) is 128 Å².